The summed E-state index contributed by atoms with van der Waals surface area (Å²) in [4.78, 5) is 23.5. The van der Waals surface area contributed by atoms with Gasteiger partial charge in [0.05, 0.1) is 6.42 Å². The fourth-order valence-electron chi connectivity index (χ4n) is 0.915. The maximum absolute atomic E-state index is 11.3. The Hall–Kier alpha value is -1.38. The molecule has 1 amide bonds. The minimum absolute atomic E-state index is 0.0400. The van der Waals surface area contributed by atoms with Crippen LogP contribution in [0.15, 0.2) is 25.3 Å². The lowest BCUT2D eigenvalue weighted by Gasteiger charge is -2.18. The largest absolute Gasteiger partial charge is 0.335 e. The molecule has 0 unspecified atom stereocenters. The normalized spacial score (nSPS) is 9.00. The van der Waals surface area contributed by atoms with Gasteiger partial charge >= 0.3 is 0 Å². The van der Waals surface area contributed by atoms with Crippen LogP contribution in [-0.4, -0.2) is 29.7 Å². The zero-order chi connectivity index (χ0) is 10.3. The minimum Gasteiger partial charge on any atom is -0.335 e. The molecule has 0 rings (SSSR count). The Morgan fingerprint density at radius 2 is 1.69 bits per heavy atom. The molecule has 0 aliphatic heterocycles. The van der Waals surface area contributed by atoms with Crippen molar-refractivity contribution in [3.05, 3.63) is 25.3 Å². The van der Waals surface area contributed by atoms with Crippen LogP contribution >= 0.6 is 0 Å². The number of ketones is 1. The van der Waals surface area contributed by atoms with E-state index in [4.69, 9.17) is 0 Å². The smallest absolute Gasteiger partial charge is 0.230 e. The molecule has 0 aromatic heterocycles. The van der Waals surface area contributed by atoms with Crippen molar-refractivity contribution in [2.75, 3.05) is 13.1 Å². The molecule has 13 heavy (non-hydrogen) atoms. The Bertz CT molecular complexity index is 211. The predicted octanol–water partition coefficient (Wildman–Crippen LogP) is 1.17. The fraction of sp³-hybridized carbons (Fsp3) is 0.400. The van der Waals surface area contributed by atoms with Crippen molar-refractivity contribution in [2.45, 2.75) is 13.3 Å². The van der Waals surface area contributed by atoms with Crippen LogP contribution < -0.4 is 0 Å². The Balaban J connectivity index is 4.17. The molecule has 3 nitrogen and oxygen atoms in total. The number of Topliss-reactive ketones (excluding diaryl/α,β-unsaturated/α-hetero) is 1. The van der Waals surface area contributed by atoms with Gasteiger partial charge in [0.15, 0.2) is 0 Å². The van der Waals surface area contributed by atoms with Gasteiger partial charge in [0, 0.05) is 13.1 Å². The molecule has 0 fully saturated rings. The van der Waals surface area contributed by atoms with Crippen LogP contribution in [0.2, 0.25) is 0 Å². The van der Waals surface area contributed by atoms with Crippen LogP contribution in [0.3, 0.4) is 0 Å². The van der Waals surface area contributed by atoms with Gasteiger partial charge in [-0.25, -0.2) is 0 Å². The summed E-state index contributed by atoms with van der Waals surface area (Å²) in [6.07, 6.45) is 3.21. The van der Waals surface area contributed by atoms with Gasteiger partial charge in [0.1, 0.15) is 5.78 Å². The molecule has 0 radical (unpaired) electrons. The second kappa shape index (κ2) is 6.17. The Morgan fingerprint density at radius 1 is 1.23 bits per heavy atom. The highest BCUT2D eigenvalue weighted by atomic mass is 16.2. The van der Waals surface area contributed by atoms with Crippen molar-refractivity contribution in [3.8, 4) is 0 Å². The molecule has 0 N–H and O–H groups in total. The third-order valence-corrected chi connectivity index (χ3v) is 1.45. The number of amides is 1. The molecule has 3 heteroatoms. The average Bonchev–Trinajstić information content (AvgIpc) is 2.02. The monoisotopic (exact) mass is 181 g/mol. The number of nitrogens with zero attached hydrogens (tertiary/aromatic N) is 1. The fourth-order valence-corrected chi connectivity index (χ4v) is 0.915. The lowest BCUT2D eigenvalue weighted by atomic mass is 10.2. The molecule has 0 saturated heterocycles. The Morgan fingerprint density at radius 3 is 2.00 bits per heavy atom. The summed E-state index contributed by atoms with van der Waals surface area (Å²) >= 11 is 0. The molecule has 0 aliphatic carbocycles. The third-order valence-electron chi connectivity index (χ3n) is 1.45. The Kier molecular flexibility index (Phi) is 5.52. The van der Waals surface area contributed by atoms with Crippen molar-refractivity contribution < 1.29 is 9.59 Å². The molecule has 0 bridgehead atoms. The van der Waals surface area contributed by atoms with E-state index in [1.807, 2.05) is 0 Å². The van der Waals surface area contributed by atoms with E-state index >= 15 is 0 Å². The van der Waals surface area contributed by atoms with E-state index in [1.165, 1.54) is 11.8 Å². The predicted molar refractivity (Wildman–Crippen MR) is 52.3 cm³/mol. The highest BCUT2D eigenvalue weighted by Gasteiger charge is 2.11. The lowest BCUT2D eigenvalue weighted by molar-refractivity contribution is -0.133. The summed E-state index contributed by atoms with van der Waals surface area (Å²) in [5.41, 5.74) is 0. The van der Waals surface area contributed by atoms with Crippen molar-refractivity contribution in [2.24, 2.45) is 0 Å². The van der Waals surface area contributed by atoms with E-state index in [9.17, 15) is 9.59 Å². The molecule has 0 aliphatic rings. The molecular formula is C10H15NO2. The molecule has 0 spiro atoms. The van der Waals surface area contributed by atoms with Crippen LogP contribution in [0.1, 0.15) is 13.3 Å². The van der Waals surface area contributed by atoms with Gasteiger partial charge < -0.3 is 4.90 Å². The standard InChI is InChI=1S/C10H15NO2/c1-4-6-11(7-5-2)10(13)8-9(3)12/h4-5H,1-2,6-8H2,3H3. The van der Waals surface area contributed by atoms with Crippen LogP contribution in [0.25, 0.3) is 0 Å². The van der Waals surface area contributed by atoms with E-state index < -0.39 is 0 Å². The van der Waals surface area contributed by atoms with Gasteiger partial charge in [-0.15, -0.1) is 13.2 Å². The average molecular weight is 181 g/mol. The summed E-state index contributed by atoms with van der Waals surface area (Å²) in [6, 6.07) is 0. The number of hydrogen-bond donors (Lipinski definition) is 0. The van der Waals surface area contributed by atoms with Gasteiger partial charge in [0.2, 0.25) is 5.91 Å². The van der Waals surface area contributed by atoms with E-state index in [1.54, 1.807) is 12.2 Å². The number of carbonyl (C=O) groups is 2. The van der Waals surface area contributed by atoms with Gasteiger partial charge in [-0.2, -0.15) is 0 Å². The molecule has 0 aromatic rings. The Labute approximate surface area is 78.7 Å². The molecule has 0 atom stereocenters. The van der Waals surface area contributed by atoms with E-state index in [2.05, 4.69) is 13.2 Å². The number of hydrogen-bond acceptors (Lipinski definition) is 2. The second-order valence-corrected chi connectivity index (χ2v) is 2.75. The van der Waals surface area contributed by atoms with Crippen LogP contribution in [0.5, 0.6) is 0 Å². The first-order chi connectivity index (χ1) is 6.11. The van der Waals surface area contributed by atoms with E-state index in [0.717, 1.165) is 0 Å². The SMILES string of the molecule is C=CCN(CC=C)C(=O)CC(C)=O. The molecule has 0 saturated carbocycles. The highest BCUT2D eigenvalue weighted by molar-refractivity contribution is 5.96. The van der Waals surface area contributed by atoms with Crippen molar-refractivity contribution in [3.63, 3.8) is 0 Å². The van der Waals surface area contributed by atoms with Gasteiger partial charge in [-0.05, 0) is 6.92 Å². The molecule has 72 valence electrons. The maximum atomic E-state index is 11.3. The van der Waals surface area contributed by atoms with Crippen LogP contribution in [-0.2, 0) is 9.59 Å². The number of carbonyl (C=O) groups excluding carboxylic acids is 2. The quantitative estimate of drug-likeness (QED) is 0.455. The van der Waals surface area contributed by atoms with E-state index in [0.29, 0.717) is 13.1 Å². The van der Waals surface area contributed by atoms with Crippen molar-refractivity contribution in [1.82, 2.24) is 4.90 Å². The maximum Gasteiger partial charge on any atom is 0.230 e. The second-order valence-electron chi connectivity index (χ2n) is 2.75. The minimum atomic E-state index is -0.174. The highest BCUT2D eigenvalue weighted by Crippen LogP contribution is 1.95. The van der Waals surface area contributed by atoms with Gasteiger partial charge in [0.25, 0.3) is 0 Å². The summed E-state index contributed by atoms with van der Waals surface area (Å²) < 4.78 is 0. The third kappa shape index (κ3) is 4.95. The summed E-state index contributed by atoms with van der Waals surface area (Å²) in [5.74, 6) is -0.296. The first-order valence-electron chi connectivity index (χ1n) is 4.10. The lowest BCUT2D eigenvalue weighted by Crippen LogP contribution is -2.32. The summed E-state index contributed by atoms with van der Waals surface area (Å²) in [6.45, 7) is 9.38. The van der Waals surface area contributed by atoms with Crippen molar-refractivity contribution in [1.29, 1.82) is 0 Å². The first-order valence-corrected chi connectivity index (χ1v) is 4.10. The molecular weight excluding hydrogens is 166 g/mol. The van der Waals surface area contributed by atoms with Gasteiger partial charge in [-0.1, -0.05) is 12.2 Å². The number of rotatable bonds is 6. The van der Waals surface area contributed by atoms with Crippen molar-refractivity contribution >= 4 is 11.7 Å². The van der Waals surface area contributed by atoms with Crippen LogP contribution in [0.4, 0.5) is 0 Å². The molecule has 0 aromatic carbocycles. The van der Waals surface area contributed by atoms with Gasteiger partial charge in [-0.3, -0.25) is 9.59 Å². The zero-order valence-electron chi connectivity index (χ0n) is 7.95. The van der Waals surface area contributed by atoms with Crippen LogP contribution in [0, 0.1) is 0 Å². The van der Waals surface area contributed by atoms with E-state index in [-0.39, 0.29) is 18.1 Å². The zero-order valence-corrected chi connectivity index (χ0v) is 7.95. The first kappa shape index (κ1) is 11.6. The molecule has 0 heterocycles. The summed E-state index contributed by atoms with van der Waals surface area (Å²) in [7, 11) is 0. The topological polar surface area (TPSA) is 37.4 Å². The summed E-state index contributed by atoms with van der Waals surface area (Å²) in [5, 5.41) is 0.